The molecule has 0 spiro atoms. The molecule has 2 N–H and O–H groups in total. The number of esters is 1. The minimum atomic E-state index is -0.493. The molecule has 0 aliphatic heterocycles. The molecule has 2 fully saturated rings. The van der Waals surface area contributed by atoms with E-state index in [1.54, 1.807) is 12.1 Å². The number of rotatable bonds is 8. The Bertz CT molecular complexity index is 799. The van der Waals surface area contributed by atoms with Gasteiger partial charge in [-0.25, -0.2) is 5.43 Å². The Morgan fingerprint density at radius 3 is 2.72 bits per heavy atom. The van der Waals surface area contributed by atoms with E-state index >= 15 is 0 Å². The van der Waals surface area contributed by atoms with Gasteiger partial charge in [0.1, 0.15) is 0 Å². The quantitative estimate of drug-likeness (QED) is 0.394. The van der Waals surface area contributed by atoms with Crippen molar-refractivity contribution in [3.8, 4) is 0 Å². The average molecular weight is 403 g/mol. The van der Waals surface area contributed by atoms with Gasteiger partial charge in [-0.15, -0.1) is 0 Å². The number of nitrogens with zero attached hydrogens (tertiary/aromatic N) is 1. The number of carbonyl (C=O) groups excluding carboxylic acids is 3. The van der Waals surface area contributed by atoms with Gasteiger partial charge in [-0.1, -0.05) is 20.8 Å². The molecule has 158 valence electrons. The number of hydrogen-bond donors (Lipinski definition) is 2. The van der Waals surface area contributed by atoms with Crippen molar-refractivity contribution in [2.75, 3.05) is 13.2 Å². The predicted octanol–water partition coefficient (Wildman–Crippen LogP) is 2.65. The third-order valence-corrected chi connectivity index (χ3v) is 6.78. The summed E-state index contributed by atoms with van der Waals surface area (Å²) in [5.74, 6) is -0.443. The second kappa shape index (κ2) is 8.39. The number of nitrogens with one attached hydrogen (secondary N) is 2. The first-order valence-corrected chi connectivity index (χ1v) is 10.1. The van der Waals surface area contributed by atoms with E-state index < -0.39 is 11.9 Å². The average Bonchev–Trinajstić information content (AvgIpc) is 3.34. The van der Waals surface area contributed by atoms with E-state index in [1.165, 1.54) is 12.7 Å². The number of fused-ring (bicyclic) bond motifs is 2. The Kier molecular flexibility index (Phi) is 6.10. The molecule has 2 saturated carbocycles. The van der Waals surface area contributed by atoms with Crippen LogP contribution in [0.2, 0.25) is 0 Å². The lowest BCUT2D eigenvalue weighted by molar-refractivity contribution is -0.148. The van der Waals surface area contributed by atoms with E-state index in [0.29, 0.717) is 18.9 Å². The summed E-state index contributed by atoms with van der Waals surface area (Å²) < 4.78 is 9.95. The van der Waals surface area contributed by atoms with Gasteiger partial charge in [0.15, 0.2) is 12.4 Å². The molecule has 2 aliphatic rings. The fourth-order valence-electron chi connectivity index (χ4n) is 4.41. The van der Waals surface area contributed by atoms with Crippen LogP contribution in [-0.4, -0.2) is 36.6 Å². The van der Waals surface area contributed by atoms with Crippen molar-refractivity contribution in [3.63, 3.8) is 0 Å². The maximum Gasteiger partial charge on any atom is 0.306 e. The van der Waals surface area contributed by atoms with Crippen molar-refractivity contribution in [3.05, 3.63) is 24.2 Å². The molecule has 3 rings (SSSR count). The Balaban J connectivity index is 1.32. The molecule has 1 heterocycles. The standard InChI is InChI=1S/C21H29N3O5/c1-20(2)14-8-9-21(20,3)16(12-14)23-24-17(25)13-29-18(26)7-4-10-22-19(27)15-6-5-11-28-15/h5-6,11,14H,4,7-10,12-13H2,1-3H3,(H,22,27)(H,24,25)/b23-16+. The van der Waals surface area contributed by atoms with Crippen LogP contribution in [0.5, 0.6) is 0 Å². The SMILES string of the molecule is CC12CCC(C/C1=N\NC(=O)COC(=O)CCCNC(=O)c1ccco1)C2(C)C. The lowest BCUT2D eigenvalue weighted by Gasteiger charge is -2.34. The van der Waals surface area contributed by atoms with Gasteiger partial charge in [0.05, 0.1) is 6.26 Å². The van der Waals surface area contributed by atoms with Crippen molar-refractivity contribution in [2.45, 2.75) is 52.9 Å². The third kappa shape index (κ3) is 4.36. The third-order valence-electron chi connectivity index (χ3n) is 6.78. The Labute approximate surface area is 170 Å². The highest BCUT2D eigenvalue weighted by atomic mass is 16.5. The van der Waals surface area contributed by atoms with Gasteiger partial charge in [0.25, 0.3) is 11.8 Å². The summed E-state index contributed by atoms with van der Waals surface area (Å²) in [6, 6.07) is 3.18. The summed E-state index contributed by atoms with van der Waals surface area (Å²) in [7, 11) is 0. The molecule has 2 unspecified atom stereocenters. The minimum Gasteiger partial charge on any atom is -0.459 e. The number of amides is 2. The lowest BCUT2D eigenvalue weighted by atomic mass is 9.70. The fraction of sp³-hybridized carbons (Fsp3) is 0.619. The van der Waals surface area contributed by atoms with Crippen LogP contribution in [0.3, 0.4) is 0 Å². The second-order valence-corrected chi connectivity index (χ2v) is 8.58. The highest BCUT2D eigenvalue weighted by Crippen LogP contribution is 2.63. The molecule has 2 amide bonds. The molecule has 29 heavy (non-hydrogen) atoms. The zero-order valence-electron chi connectivity index (χ0n) is 17.2. The van der Waals surface area contributed by atoms with Crippen molar-refractivity contribution in [2.24, 2.45) is 21.8 Å². The molecule has 0 saturated heterocycles. The topological polar surface area (TPSA) is 110 Å². The normalized spacial score (nSPS) is 25.8. The fourth-order valence-corrected chi connectivity index (χ4v) is 4.41. The first-order valence-electron chi connectivity index (χ1n) is 10.1. The summed E-state index contributed by atoms with van der Waals surface area (Å²) >= 11 is 0. The number of hydrazone groups is 1. The van der Waals surface area contributed by atoms with E-state index in [4.69, 9.17) is 9.15 Å². The minimum absolute atomic E-state index is 0.0156. The molecule has 1 aromatic heterocycles. The molecule has 1 aromatic rings. The van der Waals surface area contributed by atoms with Crippen LogP contribution in [0.25, 0.3) is 0 Å². The smallest absolute Gasteiger partial charge is 0.306 e. The van der Waals surface area contributed by atoms with E-state index in [-0.39, 0.29) is 35.5 Å². The second-order valence-electron chi connectivity index (χ2n) is 8.58. The van der Waals surface area contributed by atoms with Crippen LogP contribution in [0, 0.1) is 16.7 Å². The highest BCUT2D eigenvalue weighted by Gasteiger charge is 2.60. The maximum absolute atomic E-state index is 12.0. The number of furan rings is 1. The van der Waals surface area contributed by atoms with Gasteiger partial charge in [-0.05, 0) is 49.1 Å². The highest BCUT2D eigenvalue weighted by molar-refractivity contribution is 5.95. The molecule has 2 atom stereocenters. The van der Waals surface area contributed by atoms with Crippen LogP contribution >= 0.6 is 0 Å². The Hall–Kier alpha value is -2.64. The molecule has 0 aromatic carbocycles. The summed E-state index contributed by atoms with van der Waals surface area (Å²) in [5.41, 5.74) is 3.77. The van der Waals surface area contributed by atoms with Crippen LogP contribution in [0.15, 0.2) is 27.9 Å². The number of ether oxygens (including phenoxy) is 1. The first kappa shape index (κ1) is 21.1. The molecule has 2 aliphatic carbocycles. The van der Waals surface area contributed by atoms with E-state index in [1.807, 2.05) is 0 Å². The maximum atomic E-state index is 12.0. The van der Waals surface area contributed by atoms with Crippen LogP contribution in [0.4, 0.5) is 0 Å². The molecule has 0 radical (unpaired) electrons. The molecule has 2 bridgehead atoms. The zero-order chi connectivity index (χ0) is 21.1. The van der Waals surface area contributed by atoms with E-state index in [2.05, 4.69) is 36.6 Å². The van der Waals surface area contributed by atoms with Gasteiger partial charge in [-0.3, -0.25) is 14.4 Å². The van der Waals surface area contributed by atoms with E-state index in [0.717, 1.165) is 18.6 Å². The van der Waals surface area contributed by atoms with Crippen molar-refractivity contribution in [1.29, 1.82) is 0 Å². The van der Waals surface area contributed by atoms with Gasteiger partial charge >= 0.3 is 5.97 Å². The van der Waals surface area contributed by atoms with E-state index in [9.17, 15) is 14.4 Å². The Morgan fingerprint density at radius 2 is 2.10 bits per heavy atom. The monoisotopic (exact) mass is 403 g/mol. The molecule has 8 nitrogen and oxygen atoms in total. The molecular weight excluding hydrogens is 374 g/mol. The summed E-state index contributed by atoms with van der Waals surface area (Å²) in [5, 5.41) is 6.98. The summed E-state index contributed by atoms with van der Waals surface area (Å²) in [4.78, 5) is 35.4. The first-order chi connectivity index (χ1) is 13.7. The van der Waals surface area contributed by atoms with Gasteiger partial charge < -0.3 is 14.5 Å². The van der Waals surface area contributed by atoms with Gasteiger partial charge in [-0.2, -0.15) is 5.10 Å². The molecule has 8 heteroatoms. The summed E-state index contributed by atoms with van der Waals surface area (Å²) in [6.45, 7) is 6.71. The largest absolute Gasteiger partial charge is 0.459 e. The Morgan fingerprint density at radius 1 is 1.31 bits per heavy atom. The lowest BCUT2D eigenvalue weighted by Crippen LogP contribution is -2.35. The predicted molar refractivity (Wildman–Crippen MR) is 106 cm³/mol. The zero-order valence-corrected chi connectivity index (χ0v) is 17.2. The number of hydrogen-bond acceptors (Lipinski definition) is 6. The van der Waals surface area contributed by atoms with Crippen LogP contribution in [0.1, 0.15) is 63.4 Å². The van der Waals surface area contributed by atoms with Crippen molar-refractivity contribution in [1.82, 2.24) is 10.7 Å². The van der Waals surface area contributed by atoms with Crippen molar-refractivity contribution >= 4 is 23.5 Å². The number of carbonyl (C=O) groups is 3. The van der Waals surface area contributed by atoms with Crippen LogP contribution in [-0.2, 0) is 14.3 Å². The van der Waals surface area contributed by atoms with Gasteiger partial charge in [0, 0.05) is 24.1 Å². The molecular formula is C21H29N3O5. The van der Waals surface area contributed by atoms with Crippen LogP contribution < -0.4 is 10.7 Å². The van der Waals surface area contributed by atoms with Crippen molar-refractivity contribution < 1.29 is 23.5 Å². The van der Waals surface area contributed by atoms with Gasteiger partial charge in [0.2, 0.25) is 0 Å². The summed E-state index contributed by atoms with van der Waals surface area (Å²) in [6.07, 6.45) is 5.13.